The van der Waals surface area contributed by atoms with Gasteiger partial charge < -0.3 is 10.4 Å². The Morgan fingerprint density at radius 2 is 2.06 bits per heavy atom. The van der Waals surface area contributed by atoms with Gasteiger partial charge in [-0.15, -0.1) is 0 Å². The molecule has 3 heteroatoms. The fraction of sp³-hybridized carbons (Fsp3) is 0.533. The van der Waals surface area contributed by atoms with Crippen LogP contribution in [-0.2, 0) is 0 Å². The standard InChI is InChI=1S/C15H21NO2/c1-11-2-3-14(10-11)12-4-6-13(7-5-12)15(18)16-8-9-17/h4-7,11,14,17H,2-3,8-10H2,1H3,(H,16,18)/t11?,14-/m0/s1. The van der Waals surface area contributed by atoms with Crippen LogP contribution in [0.4, 0.5) is 0 Å². The third kappa shape index (κ3) is 3.10. The average Bonchev–Trinajstić information content (AvgIpc) is 2.83. The summed E-state index contributed by atoms with van der Waals surface area (Å²) in [6.07, 6.45) is 3.83. The first-order chi connectivity index (χ1) is 8.70. The second kappa shape index (κ2) is 6.01. The van der Waals surface area contributed by atoms with Crippen LogP contribution in [0.15, 0.2) is 24.3 Å². The molecule has 2 rings (SSSR count). The van der Waals surface area contributed by atoms with Gasteiger partial charge in [-0.05, 0) is 42.4 Å². The minimum atomic E-state index is -0.115. The number of hydrogen-bond donors (Lipinski definition) is 2. The third-order valence-electron chi connectivity index (χ3n) is 3.74. The largest absolute Gasteiger partial charge is 0.395 e. The average molecular weight is 247 g/mol. The van der Waals surface area contributed by atoms with E-state index >= 15 is 0 Å². The monoisotopic (exact) mass is 247 g/mol. The molecule has 1 amide bonds. The van der Waals surface area contributed by atoms with Gasteiger partial charge >= 0.3 is 0 Å². The number of aliphatic hydroxyl groups is 1. The quantitative estimate of drug-likeness (QED) is 0.857. The van der Waals surface area contributed by atoms with Gasteiger partial charge in [-0.25, -0.2) is 0 Å². The molecule has 2 N–H and O–H groups in total. The third-order valence-corrected chi connectivity index (χ3v) is 3.74. The van der Waals surface area contributed by atoms with Gasteiger partial charge in [0.05, 0.1) is 6.61 Å². The smallest absolute Gasteiger partial charge is 0.251 e. The zero-order valence-corrected chi connectivity index (χ0v) is 10.9. The highest BCUT2D eigenvalue weighted by atomic mass is 16.3. The molecule has 0 spiro atoms. The van der Waals surface area contributed by atoms with Crippen molar-refractivity contribution in [2.45, 2.75) is 32.1 Å². The first-order valence-corrected chi connectivity index (χ1v) is 6.69. The molecular formula is C15H21NO2. The minimum Gasteiger partial charge on any atom is -0.395 e. The normalized spacial score (nSPS) is 23.0. The Kier molecular flexibility index (Phi) is 4.37. The number of nitrogens with one attached hydrogen (secondary N) is 1. The Hall–Kier alpha value is -1.35. The lowest BCUT2D eigenvalue weighted by Crippen LogP contribution is -2.26. The Bertz CT molecular complexity index is 399. The zero-order valence-electron chi connectivity index (χ0n) is 10.9. The number of amides is 1. The van der Waals surface area contributed by atoms with Crippen LogP contribution in [0.3, 0.4) is 0 Å². The number of aliphatic hydroxyl groups excluding tert-OH is 1. The van der Waals surface area contributed by atoms with Crippen molar-refractivity contribution in [3.8, 4) is 0 Å². The van der Waals surface area contributed by atoms with Gasteiger partial charge in [-0.2, -0.15) is 0 Å². The zero-order chi connectivity index (χ0) is 13.0. The first kappa shape index (κ1) is 13.1. The second-order valence-electron chi connectivity index (χ2n) is 5.22. The summed E-state index contributed by atoms with van der Waals surface area (Å²) in [4.78, 5) is 11.7. The van der Waals surface area contributed by atoms with Gasteiger partial charge in [0.25, 0.3) is 5.91 Å². The summed E-state index contributed by atoms with van der Waals surface area (Å²) in [5.74, 6) is 1.37. The van der Waals surface area contributed by atoms with Crippen LogP contribution in [0.25, 0.3) is 0 Å². The second-order valence-corrected chi connectivity index (χ2v) is 5.22. The van der Waals surface area contributed by atoms with Crippen LogP contribution in [0.2, 0.25) is 0 Å². The highest BCUT2D eigenvalue weighted by Gasteiger charge is 2.22. The maximum absolute atomic E-state index is 11.7. The van der Waals surface area contributed by atoms with Gasteiger partial charge in [-0.3, -0.25) is 4.79 Å². The van der Waals surface area contributed by atoms with E-state index in [0.717, 1.165) is 5.92 Å². The van der Waals surface area contributed by atoms with Gasteiger partial charge in [0.2, 0.25) is 0 Å². The molecule has 0 aliphatic heterocycles. The SMILES string of the molecule is CC1CC[C@H](c2ccc(C(=O)NCCO)cc2)C1. The fourth-order valence-corrected chi connectivity index (χ4v) is 2.69. The predicted octanol–water partition coefficient (Wildman–Crippen LogP) is 2.31. The molecule has 0 aromatic heterocycles. The summed E-state index contributed by atoms with van der Waals surface area (Å²) in [6.45, 7) is 2.58. The van der Waals surface area contributed by atoms with Gasteiger partial charge in [0.1, 0.15) is 0 Å². The molecule has 1 aromatic carbocycles. The summed E-state index contributed by atoms with van der Waals surface area (Å²) in [5.41, 5.74) is 2.01. The van der Waals surface area contributed by atoms with Crippen LogP contribution in [0, 0.1) is 5.92 Å². The summed E-state index contributed by atoms with van der Waals surface area (Å²) in [6, 6.07) is 7.89. The molecule has 3 nitrogen and oxygen atoms in total. The van der Waals surface area contributed by atoms with Crippen LogP contribution >= 0.6 is 0 Å². The molecule has 0 heterocycles. The molecule has 0 radical (unpaired) electrons. The van der Waals surface area contributed by atoms with Crippen molar-refractivity contribution in [2.75, 3.05) is 13.2 Å². The van der Waals surface area contributed by atoms with E-state index < -0.39 is 0 Å². The number of carbonyl (C=O) groups is 1. The molecule has 0 saturated heterocycles. The maximum Gasteiger partial charge on any atom is 0.251 e. The van der Waals surface area contributed by atoms with E-state index in [-0.39, 0.29) is 12.5 Å². The lowest BCUT2D eigenvalue weighted by atomic mass is 9.95. The molecule has 1 aliphatic carbocycles. The van der Waals surface area contributed by atoms with Crippen molar-refractivity contribution in [1.29, 1.82) is 0 Å². The molecule has 1 fully saturated rings. The van der Waals surface area contributed by atoms with Crippen molar-refractivity contribution in [2.24, 2.45) is 5.92 Å². The van der Waals surface area contributed by atoms with E-state index in [1.807, 2.05) is 12.1 Å². The Balaban J connectivity index is 1.99. The van der Waals surface area contributed by atoms with Gasteiger partial charge in [0.15, 0.2) is 0 Å². The Morgan fingerprint density at radius 3 is 2.61 bits per heavy atom. The number of carbonyl (C=O) groups excluding carboxylic acids is 1. The van der Waals surface area contributed by atoms with Crippen molar-refractivity contribution in [3.05, 3.63) is 35.4 Å². The summed E-state index contributed by atoms with van der Waals surface area (Å²) >= 11 is 0. The molecular weight excluding hydrogens is 226 g/mol. The lowest BCUT2D eigenvalue weighted by molar-refractivity contribution is 0.0945. The highest BCUT2D eigenvalue weighted by molar-refractivity contribution is 5.94. The van der Waals surface area contributed by atoms with Crippen molar-refractivity contribution >= 4 is 5.91 Å². The van der Waals surface area contributed by atoms with Crippen LogP contribution in [0.1, 0.15) is 48.0 Å². The summed E-state index contributed by atoms with van der Waals surface area (Å²) in [7, 11) is 0. The summed E-state index contributed by atoms with van der Waals surface area (Å²) < 4.78 is 0. The molecule has 0 bridgehead atoms. The number of benzene rings is 1. The molecule has 1 saturated carbocycles. The van der Waals surface area contributed by atoms with E-state index in [9.17, 15) is 4.79 Å². The topological polar surface area (TPSA) is 49.3 Å². The first-order valence-electron chi connectivity index (χ1n) is 6.69. The van der Waals surface area contributed by atoms with E-state index in [4.69, 9.17) is 5.11 Å². The molecule has 18 heavy (non-hydrogen) atoms. The molecule has 1 aliphatic rings. The van der Waals surface area contributed by atoms with Crippen LogP contribution < -0.4 is 5.32 Å². The highest BCUT2D eigenvalue weighted by Crippen LogP contribution is 2.37. The van der Waals surface area contributed by atoms with Gasteiger partial charge in [0, 0.05) is 12.1 Å². The molecule has 1 aromatic rings. The van der Waals surface area contributed by atoms with Gasteiger partial charge in [-0.1, -0.05) is 25.5 Å². The van der Waals surface area contributed by atoms with E-state index in [1.165, 1.54) is 24.8 Å². The van der Waals surface area contributed by atoms with Crippen molar-refractivity contribution in [1.82, 2.24) is 5.32 Å². The lowest BCUT2D eigenvalue weighted by Gasteiger charge is -2.11. The molecule has 2 atom stereocenters. The fourth-order valence-electron chi connectivity index (χ4n) is 2.69. The van der Waals surface area contributed by atoms with Crippen molar-refractivity contribution in [3.63, 3.8) is 0 Å². The summed E-state index contributed by atoms with van der Waals surface area (Å²) in [5, 5.41) is 11.3. The maximum atomic E-state index is 11.7. The van der Waals surface area contributed by atoms with Crippen LogP contribution in [0.5, 0.6) is 0 Å². The Morgan fingerprint density at radius 1 is 1.33 bits per heavy atom. The predicted molar refractivity (Wildman–Crippen MR) is 71.6 cm³/mol. The van der Waals surface area contributed by atoms with Crippen molar-refractivity contribution < 1.29 is 9.90 Å². The van der Waals surface area contributed by atoms with E-state index in [0.29, 0.717) is 18.0 Å². The number of rotatable bonds is 4. The Labute approximate surface area is 108 Å². The van der Waals surface area contributed by atoms with Crippen LogP contribution in [-0.4, -0.2) is 24.2 Å². The number of hydrogen-bond acceptors (Lipinski definition) is 2. The minimum absolute atomic E-state index is 0.0240. The molecule has 98 valence electrons. The van der Waals surface area contributed by atoms with E-state index in [2.05, 4.69) is 24.4 Å². The molecule has 1 unspecified atom stereocenters. The van der Waals surface area contributed by atoms with E-state index in [1.54, 1.807) is 0 Å².